The van der Waals surface area contributed by atoms with Crippen LogP contribution < -0.4 is 9.64 Å². The highest BCUT2D eigenvalue weighted by molar-refractivity contribution is 6.08. The van der Waals surface area contributed by atoms with Crippen molar-refractivity contribution < 1.29 is 28.6 Å². The lowest BCUT2D eigenvalue weighted by Crippen LogP contribution is -2.41. The molecule has 1 saturated carbocycles. The molecule has 1 aliphatic rings. The first-order valence-electron chi connectivity index (χ1n) is 11.5. The summed E-state index contributed by atoms with van der Waals surface area (Å²) in [7, 11) is 0. The van der Waals surface area contributed by atoms with E-state index in [0.29, 0.717) is 11.7 Å². The van der Waals surface area contributed by atoms with Crippen molar-refractivity contribution in [2.45, 2.75) is 78.4 Å². The van der Waals surface area contributed by atoms with Gasteiger partial charge in [0, 0.05) is 18.8 Å². The summed E-state index contributed by atoms with van der Waals surface area (Å²) >= 11 is 0. The van der Waals surface area contributed by atoms with Crippen LogP contribution in [0, 0.1) is 18.7 Å². The molecule has 0 atom stereocenters. The maximum absolute atomic E-state index is 15.4. The van der Waals surface area contributed by atoms with Crippen molar-refractivity contribution in [1.29, 1.82) is 0 Å². The molecule has 1 aliphatic carbocycles. The molecule has 0 bridgehead atoms. The largest absolute Gasteiger partial charge is 0.489 e. The molecule has 0 spiro atoms. The summed E-state index contributed by atoms with van der Waals surface area (Å²) in [6.07, 6.45) is 6.14. The Morgan fingerprint density at radius 3 is 2.47 bits per heavy atom. The van der Waals surface area contributed by atoms with Crippen LogP contribution in [0.15, 0.2) is 24.7 Å². The smallest absolute Gasteiger partial charge is 0.425 e. The molecule has 8 nitrogen and oxygen atoms in total. The molecular formula is C25H32FN3O5. The van der Waals surface area contributed by atoms with Gasteiger partial charge in [0.2, 0.25) is 0 Å². The zero-order chi connectivity index (χ0) is 25.0. The first-order valence-corrected chi connectivity index (χ1v) is 11.5. The Balaban J connectivity index is 1.85. The standard InChI is InChI=1S/C25H32FN3O5/c1-15-6-8-19(9-7-15)33-20-14-27-13-18(16(20)2)12-17-10-11-28-22(21(17)26)29(23(30)31)24(32)34-25(3,4)5/h10-11,13-15,19H,6-9,12H2,1-5H3,(H,30,31). The molecular weight excluding hydrogens is 441 g/mol. The molecule has 9 heteroatoms. The zero-order valence-corrected chi connectivity index (χ0v) is 20.3. The van der Waals surface area contributed by atoms with Crippen LogP contribution in [-0.4, -0.2) is 39.0 Å². The highest BCUT2D eigenvalue weighted by atomic mass is 19.1. The van der Waals surface area contributed by atoms with Crippen LogP contribution >= 0.6 is 0 Å². The summed E-state index contributed by atoms with van der Waals surface area (Å²) in [5, 5.41) is 9.54. The molecule has 1 N–H and O–H groups in total. The van der Waals surface area contributed by atoms with Crippen LogP contribution in [0.4, 0.5) is 19.8 Å². The van der Waals surface area contributed by atoms with Gasteiger partial charge in [-0.25, -0.2) is 19.0 Å². The van der Waals surface area contributed by atoms with E-state index >= 15 is 4.39 Å². The molecule has 184 valence electrons. The van der Waals surface area contributed by atoms with E-state index in [1.165, 1.54) is 12.3 Å². The normalized spacial score (nSPS) is 18.3. The number of pyridine rings is 2. The third kappa shape index (κ3) is 6.21. The summed E-state index contributed by atoms with van der Waals surface area (Å²) in [5.74, 6) is -0.177. The number of carboxylic acid groups (broad SMARTS) is 1. The summed E-state index contributed by atoms with van der Waals surface area (Å²) in [4.78, 5) is 32.4. The summed E-state index contributed by atoms with van der Waals surface area (Å²) < 4.78 is 26.7. The van der Waals surface area contributed by atoms with Crippen molar-refractivity contribution in [1.82, 2.24) is 9.97 Å². The molecule has 2 aromatic heterocycles. The quantitative estimate of drug-likeness (QED) is 0.577. The summed E-state index contributed by atoms with van der Waals surface area (Å²) in [5.41, 5.74) is 0.789. The Hall–Kier alpha value is -3.23. The van der Waals surface area contributed by atoms with Crippen LogP contribution in [0.1, 0.15) is 70.1 Å². The van der Waals surface area contributed by atoms with Gasteiger partial charge in [0.25, 0.3) is 0 Å². The molecule has 0 radical (unpaired) electrons. The lowest BCUT2D eigenvalue weighted by Gasteiger charge is -2.27. The number of aromatic nitrogens is 2. The molecule has 2 heterocycles. The molecule has 2 aromatic rings. The van der Waals surface area contributed by atoms with Crippen molar-refractivity contribution in [3.63, 3.8) is 0 Å². The second kappa shape index (κ2) is 10.4. The van der Waals surface area contributed by atoms with E-state index in [1.54, 1.807) is 33.2 Å². The number of halogens is 1. The molecule has 0 saturated heterocycles. The van der Waals surface area contributed by atoms with Gasteiger partial charge in [-0.2, -0.15) is 4.90 Å². The van der Waals surface area contributed by atoms with Crippen molar-refractivity contribution >= 4 is 18.0 Å². The average molecular weight is 474 g/mol. The van der Waals surface area contributed by atoms with Gasteiger partial charge < -0.3 is 14.6 Å². The van der Waals surface area contributed by atoms with Gasteiger partial charge in [0.1, 0.15) is 11.4 Å². The van der Waals surface area contributed by atoms with Crippen LogP contribution in [-0.2, 0) is 11.2 Å². The van der Waals surface area contributed by atoms with Gasteiger partial charge in [0.15, 0.2) is 11.6 Å². The molecule has 2 amide bonds. The summed E-state index contributed by atoms with van der Waals surface area (Å²) in [6.45, 7) is 8.90. The number of imide groups is 1. The second-order valence-corrected chi connectivity index (χ2v) is 9.80. The minimum absolute atomic E-state index is 0.126. The van der Waals surface area contributed by atoms with E-state index in [0.717, 1.165) is 36.8 Å². The minimum atomic E-state index is -1.69. The number of rotatable bonds is 5. The van der Waals surface area contributed by atoms with Crippen molar-refractivity contribution in [2.24, 2.45) is 5.92 Å². The topological polar surface area (TPSA) is 102 Å². The second-order valence-electron chi connectivity index (χ2n) is 9.80. The Kier molecular flexibility index (Phi) is 7.74. The highest BCUT2D eigenvalue weighted by Crippen LogP contribution is 2.31. The van der Waals surface area contributed by atoms with Crippen LogP contribution in [0.5, 0.6) is 5.75 Å². The number of nitrogens with zero attached hydrogens (tertiary/aromatic N) is 3. The monoisotopic (exact) mass is 473 g/mol. The van der Waals surface area contributed by atoms with E-state index < -0.39 is 29.4 Å². The molecule has 0 unspecified atom stereocenters. The van der Waals surface area contributed by atoms with E-state index in [4.69, 9.17) is 9.47 Å². The number of ether oxygens (including phenoxy) is 2. The third-order valence-electron chi connectivity index (χ3n) is 5.84. The number of anilines is 1. The first kappa shape index (κ1) is 25.4. The van der Waals surface area contributed by atoms with Crippen molar-refractivity contribution in [3.05, 3.63) is 47.2 Å². The third-order valence-corrected chi connectivity index (χ3v) is 5.84. The van der Waals surface area contributed by atoms with E-state index in [-0.39, 0.29) is 23.0 Å². The highest BCUT2D eigenvalue weighted by Gasteiger charge is 2.32. The van der Waals surface area contributed by atoms with E-state index in [9.17, 15) is 14.7 Å². The molecule has 0 aliphatic heterocycles. The lowest BCUT2D eigenvalue weighted by atomic mass is 9.89. The Bertz CT molecular complexity index is 1050. The number of hydrogen-bond acceptors (Lipinski definition) is 6. The predicted molar refractivity (Wildman–Crippen MR) is 125 cm³/mol. The van der Waals surface area contributed by atoms with Crippen molar-refractivity contribution in [2.75, 3.05) is 4.90 Å². The van der Waals surface area contributed by atoms with Gasteiger partial charge in [-0.3, -0.25) is 4.98 Å². The van der Waals surface area contributed by atoms with E-state index in [2.05, 4.69) is 16.9 Å². The Morgan fingerprint density at radius 2 is 1.85 bits per heavy atom. The SMILES string of the molecule is Cc1c(Cc2ccnc(N(C(=O)O)C(=O)OC(C)(C)C)c2F)cncc1OC1CCC(C)CC1. The van der Waals surface area contributed by atoms with Gasteiger partial charge in [0.05, 0.1) is 12.3 Å². The van der Waals surface area contributed by atoms with Crippen LogP contribution in [0.3, 0.4) is 0 Å². The molecule has 3 rings (SSSR count). The lowest BCUT2D eigenvalue weighted by molar-refractivity contribution is 0.0579. The van der Waals surface area contributed by atoms with Gasteiger partial charge >= 0.3 is 12.2 Å². The average Bonchev–Trinajstić information content (AvgIpc) is 2.73. The number of carbonyl (C=O) groups is 2. The molecule has 34 heavy (non-hydrogen) atoms. The number of amides is 2. The minimum Gasteiger partial charge on any atom is -0.489 e. The first-order chi connectivity index (χ1) is 16.0. The number of hydrogen-bond donors (Lipinski definition) is 1. The van der Waals surface area contributed by atoms with Gasteiger partial charge in [-0.1, -0.05) is 6.92 Å². The fourth-order valence-corrected chi connectivity index (χ4v) is 3.90. The zero-order valence-electron chi connectivity index (χ0n) is 20.3. The van der Waals surface area contributed by atoms with E-state index in [1.807, 2.05) is 6.92 Å². The van der Waals surface area contributed by atoms with Crippen LogP contribution in [0.25, 0.3) is 0 Å². The van der Waals surface area contributed by atoms with Gasteiger partial charge in [-0.05, 0) is 82.1 Å². The molecule has 1 fully saturated rings. The fourth-order valence-electron chi connectivity index (χ4n) is 3.90. The maximum atomic E-state index is 15.4. The van der Waals surface area contributed by atoms with Crippen LogP contribution in [0.2, 0.25) is 0 Å². The summed E-state index contributed by atoms with van der Waals surface area (Å²) in [6, 6.07) is 1.45. The predicted octanol–water partition coefficient (Wildman–Crippen LogP) is 5.89. The Morgan fingerprint density at radius 1 is 1.18 bits per heavy atom. The van der Waals surface area contributed by atoms with Gasteiger partial charge in [-0.15, -0.1) is 0 Å². The number of carbonyl (C=O) groups excluding carboxylic acids is 1. The molecule has 0 aromatic carbocycles. The van der Waals surface area contributed by atoms with Crippen molar-refractivity contribution in [3.8, 4) is 5.75 Å². The maximum Gasteiger partial charge on any atom is 0.425 e. The Labute approximate surface area is 199 Å². The fraction of sp³-hybridized carbons (Fsp3) is 0.520.